The quantitative estimate of drug-likeness (QED) is 0.238. The lowest BCUT2D eigenvalue weighted by Gasteiger charge is -2.27. The molecule has 222 valence electrons. The maximum Gasteiger partial charge on any atom is 0.261 e. The maximum absolute atomic E-state index is 13.2. The summed E-state index contributed by atoms with van der Waals surface area (Å²) in [6.07, 6.45) is 3.50. The number of furan rings is 1. The van der Waals surface area contributed by atoms with E-state index < -0.39 is 5.41 Å². The predicted molar refractivity (Wildman–Crippen MR) is 167 cm³/mol. The van der Waals surface area contributed by atoms with Gasteiger partial charge in [0.2, 0.25) is 11.8 Å². The van der Waals surface area contributed by atoms with Crippen LogP contribution in [0, 0.1) is 19.3 Å². The highest BCUT2D eigenvalue weighted by Gasteiger charge is 2.45. The highest BCUT2D eigenvalue weighted by atomic mass is 32.1. The maximum atomic E-state index is 13.2. The molecule has 9 nitrogen and oxygen atoms in total. The molecule has 0 saturated heterocycles. The molecule has 0 fully saturated rings. The Morgan fingerprint density at radius 3 is 2.52 bits per heavy atom. The van der Waals surface area contributed by atoms with Gasteiger partial charge in [-0.15, -0.1) is 11.3 Å². The Labute approximate surface area is 250 Å². The summed E-state index contributed by atoms with van der Waals surface area (Å²) in [6, 6.07) is 9.72. The van der Waals surface area contributed by atoms with Gasteiger partial charge in [0.1, 0.15) is 21.8 Å². The van der Waals surface area contributed by atoms with E-state index in [1.165, 1.54) is 0 Å². The zero-order chi connectivity index (χ0) is 30.2. The van der Waals surface area contributed by atoms with Gasteiger partial charge in [-0.1, -0.05) is 6.07 Å². The van der Waals surface area contributed by atoms with E-state index in [9.17, 15) is 14.4 Å². The van der Waals surface area contributed by atoms with Crippen molar-refractivity contribution in [3.8, 4) is 0 Å². The van der Waals surface area contributed by atoms with Crippen LogP contribution < -0.4 is 15.4 Å². The van der Waals surface area contributed by atoms with E-state index in [2.05, 4.69) is 21.3 Å². The van der Waals surface area contributed by atoms with Gasteiger partial charge in [0.15, 0.2) is 0 Å². The third-order valence-corrected chi connectivity index (χ3v) is 8.98. The number of pyridine rings is 1. The third-order valence-electron chi connectivity index (χ3n) is 8.03. The number of hydrogen-bond acceptors (Lipinski definition) is 7. The van der Waals surface area contributed by atoms with Gasteiger partial charge in [-0.2, -0.15) is 0 Å². The molecule has 0 bridgehead atoms. The first-order valence-electron chi connectivity index (χ1n) is 14.5. The monoisotopic (exact) mass is 589 g/mol. The van der Waals surface area contributed by atoms with Crippen molar-refractivity contribution in [3.63, 3.8) is 0 Å². The van der Waals surface area contributed by atoms with Crippen LogP contribution in [0.5, 0.6) is 0 Å². The predicted octanol–water partition coefficient (Wildman–Crippen LogP) is 5.16. The number of aryl methyl sites for hydroxylation is 3. The summed E-state index contributed by atoms with van der Waals surface area (Å²) in [6.45, 7) is 12.5. The fourth-order valence-corrected chi connectivity index (χ4v) is 6.49. The van der Waals surface area contributed by atoms with Crippen LogP contribution in [0.1, 0.15) is 49.2 Å². The first-order chi connectivity index (χ1) is 20.0. The molecule has 0 aliphatic carbocycles. The van der Waals surface area contributed by atoms with Crippen LogP contribution in [-0.4, -0.2) is 52.9 Å². The van der Waals surface area contributed by atoms with Crippen molar-refractivity contribution in [2.45, 2.75) is 60.5 Å². The van der Waals surface area contributed by atoms with Gasteiger partial charge >= 0.3 is 0 Å². The minimum absolute atomic E-state index is 0.0409. The second-order valence-electron chi connectivity index (χ2n) is 11.6. The van der Waals surface area contributed by atoms with Crippen LogP contribution in [0.3, 0.4) is 0 Å². The molecular formula is C32H39N5O4S. The van der Waals surface area contributed by atoms with Gasteiger partial charge in [-0.05, 0) is 83.8 Å². The Balaban J connectivity index is 1.31. The number of hydrogen-bond donors (Lipinski definition) is 0. The molecule has 5 rings (SSSR count). The highest BCUT2D eigenvalue weighted by Crippen LogP contribution is 2.39. The molecule has 2 amide bonds. The number of aromatic nitrogens is 2. The van der Waals surface area contributed by atoms with Crippen molar-refractivity contribution in [1.29, 1.82) is 0 Å². The fraction of sp³-hybridized carbons (Fsp3) is 0.438. The van der Waals surface area contributed by atoms with Gasteiger partial charge in [0.05, 0.1) is 23.3 Å². The largest absolute Gasteiger partial charge is 0.461 e. The zero-order valence-electron chi connectivity index (χ0n) is 25.3. The van der Waals surface area contributed by atoms with Crippen LogP contribution in [-0.2, 0) is 29.1 Å². The van der Waals surface area contributed by atoms with Gasteiger partial charge in [-0.25, -0.2) is 4.98 Å². The molecule has 3 aromatic heterocycles. The normalized spacial score (nSPS) is 15.1. The second-order valence-corrected chi connectivity index (χ2v) is 12.5. The Morgan fingerprint density at radius 1 is 1.02 bits per heavy atom. The molecule has 0 spiro atoms. The third kappa shape index (κ3) is 5.78. The van der Waals surface area contributed by atoms with Crippen molar-refractivity contribution in [1.82, 2.24) is 14.5 Å². The first-order valence-corrected chi connectivity index (χ1v) is 15.3. The standard InChI is InChI=1S/C32H39N5O4S/c1-7-37-25-11-10-23(18-26(25)34(6)30(39)32(4,5)31(37)40)9-8-13-35(19-28-33-21(2)20-42-28)15-16-36-14-12-27-24(29(36)38)17-22(3)41-27/h10-12,14,17-18,20H,7-9,13,15-16,19H2,1-6H3. The molecule has 0 radical (unpaired) electrons. The number of thiazole rings is 1. The molecule has 1 aromatic carbocycles. The van der Waals surface area contributed by atoms with Crippen molar-refractivity contribution in [2.24, 2.45) is 5.41 Å². The average Bonchev–Trinajstić information content (AvgIpc) is 3.55. The lowest BCUT2D eigenvalue weighted by atomic mass is 9.90. The Morgan fingerprint density at radius 2 is 1.81 bits per heavy atom. The summed E-state index contributed by atoms with van der Waals surface area (Å²) in [5.74, 6) is 0.347. The molecular weight excluding hydrogens is 550 g/mol. The van der Waals surface area contributed by atoms with Gasteiger partial charge in [-0.3, -0.25) is 19.3 Å². The number of rotatable bonds is 10. The first kappa shape index (κ1) is 29.7. The number of anilines is 2. The summed E-state index contributed by atoms with van der Waals surface area (Å²) >= 11 is 1.65. The number of fused-ring (bicyclic) bond motifs is 2. The SMILES string of the molecule is CCN1C(=O)C(C)(C)C(=O)N(C)c2cc(CCCN(CCn3ccc4oc(C)cc4c3=O)Cc3nc(C)cs3)ccc21. The van der Waals surface area contributed by atoms with Gasteiger partial charge < -0.3 is 18.8 Å². The number of carbonyl (C=O) groups is 2. The Bertz CT molecular complexity index is 1680. The Hall–Kier alpha value is -3.76. The molecule has 4 aromatic rings. The van der Waals surface area contributed by atoms with Crippen LogP contribution >= 0.6 is 11.3 Å². The smallest absolute Gasteiger partial charge is 0.261 e. The van der Waals surface area contributed by atoms with Gasteiger partial charge in [0.25, 0.3) is 5.56 Å². The van der Waals surface area contributed by atoms with Crippen molar-refractivity contribution in [2.75, 3.05) is 36.5 Å². The summed E-state index contributed by atoms with van der Waals surface area (Å²) in [4.78, 5) is 49.8. The zero-order valence-corrected chi connectivity index (χ0v) is 26.1. The van der Waals surface area contributed by atoms with Crippen LogP contribution in [0.4, 0.5) is 11.4 Å². The molecule has 0 unspecified atom stereocenters. The lowest BCUT2D eigenvalue weighted by molar-refractivity contribution is -0.137. The molecule has 4 heterocycles. The molecule has 1 aliphatic rings. The van der Waals surface area contributed by atoms with E-state index in [0.717, 1.165) is 52.8 Å². The van der Waals surface area contributed by atoms with Crippen molar-refractivity contribution < 1.29 is 14.0 Å². The van der Waals surface area contributed by atoms with Gasteiger partial charge in [0, 0.05) is 44.0 Å². The average molecular weight is 590 g/mol. The topological polar surface area (TPSA) is 91.9 Å². The van der Waals surface area contributed by atoms with Crippen molar-refractivity contribution in [3.05, 3.63) is 74.3 Å². The molecule has 10 heteroatoms. The number of benzene rings is 1. The molecule has 0 atom stereocenters. The highest BCUT2D eigenvalue weighted by molar-refractivity contribution is 7.09. The van der Waals surface area contributed by atoms with E-state index in [4.69, 9.17) is 4.42 Å². The molecule has 1 aliphatic heterocycles. The van der Waals surface area contributed by atoms with E-state index >= 15 is 0 Å². The van der Waals surface area contributed by atoms with Crippen LogP contribution in [0.25, 0.3) is 11.0 Å². The fourth-order valence-electron chi connectivity index (χ4n) is 5.67. The van der Waals surface area contributed by atoms with Crippen LogP contribution in [0.2, 0.25) is 0 Å². The molecule has 0 N–H and O–H groups in total. The summed E-state index contributed by atoms with van der Waals surface area (Å²) in [7, 11) is 1.75. The van der Waals surface area contributed by atoms with E-state index in [-0.39, 0.29) is 17.4 Å². The molecule has 0 saturated carbocycles. The number of carbonyl (C=O) groups excluding carboxylic acids is 2. The minimum atomic E-state index is -1.12. The van der Waals surface area contributed by atoms with E-state index in [1.54, 1.807) is 58.9 Å². The minimum Gasteiger partial charge on any atom is -0.461 e. The number of amides is 2. The van der Waals surface area contributed by atoms with E-state index in [1.807, 2.05) is 39.0 Å². The lowest BCUT2D eigenvalue weighted by Crippen LogP contribution is -2.47. The Kier molecular flexibility index (Phi) is 8.39. The number of nitrogens with zero attached hydrogens (tertiary/aromatic N) is 5. The summed E-state index contributed by atoms with van der Waals surface area (Å²) < 4.78 is 7.36. The summed E-state index contributed by atoms with van der Waals surface area (Å²) in [5, 5.41) is 3.72. The summed E-state index contributed by atoms with van der Waals surface area (Å²) in [5.41, 5.74) is 3.10. The molecule has 42 heavy (non-hydrogen) atoms. The van der Waals surface area contributed by atoms with E-state index in [0.29, 0.717) is 37.1 Å². The van der Waals surface area contributed by atoms with Crippen molar-refractivity contribution >= 4 is 45.5 Å². The second kappa shape index (κ2) is 11.9. The van der Waals surface area contributed by atoms with Crippen LogP contribution in [0.15, 0.2) is 51.1 Å².